The summed E-state index contributed by atoms with van der Waals surface area (Å²) in [5.41, 5.74) is 0. The molecule has 0 saturated carbocycles. The van der Waals surface area contributed by atoms with Crippen molar-refractivity contribution in [1.82, 2.24) is 0 Å². The molecule has 1 radical (unpaired) electrons. The van der Waals surface area contributed by atoms with E-state index in [1.54, 1.807) is 11.8 Å². The van der Waals surface area contributed by atoms with Crippen LogP contribution >= 0.6 is 23.4 Å². The average molecular weight is 186 g/mol. The first kappa shape index (κ1) is 8.60. The van der Waals surface area contributed by atoms with Gasteiger partial charge in [-0.2, -0.15) is 11.8 Å². The van der Waals surface area contributed by atoms with Gasteiger partial charge in [0.25, 0.3) is 6.43 Å². The fourth-order valence-electron chi connectivity index (χ4n) is 0.691. The van der Waals surface area contributed by atoms with E-state index in [2.05, 4.69) is 6.92 Å². The van der Waals surface area contributed by atoms with Crippen LogP contribution in [0.4, 0.5) is 8.78 Å². The summed E-state index contributed by atoms with van der Waals surface area (Å²) < 4.78 is 24.2. The van der Waals surface area contributed by atoms with Gasteiger partial charge in [0.15, 0.2) is 0 Å². The van der Waals surface area contributed by atoms with Crippen molar-refractivity contribution in [2.24, 2.45) is 5.92 Å². The van der Waals surface area contributed by atoms with E-state index in [4.69, 9.17) is 11.6 Å². The monoisotopic (exact) mass is 185 g/mol. The Morgan fingerprint density at radius 3 is 2.20 bits per heavy atom. The van der Waals surface area contributed by atoms with Gasteiger partial charge in [-0.15, -0.1) is 11.6 Å². The van der Waals surface area contributed by atoms with E-state index in [1.165, 1.54) is 0 Å². The Hall–Kier alpha value is 0.500. The van der Waals surface area contributed by atoms with Crippen LogP contribution in [0.1, 0.15) is 0 Å². The molecule has 1 atom stereocenters. The van der Waals surface area contributed by atoms with E-state index in [9.17, 15) is 8.78 Å². The first-order valence-corrected chi connectivity index (χ1v) is 4.48. The quantitative estimate of drug-likeness (QED) is 0.596. The summed E-state index contributed by atoms with van der Waals surface area (Å²) >= 11 is 7.13. The zero-order valence-corrected chi connectivity index (χ0v) is 6.89. The molecule has 0 aromatic carbocycles. The number of hydrogen-bond donors (Lipinski definition) is 0. The van der Waals surface area contributed by atoms with E-state index in [0.29, 0.717) is 0 Å². The van der Waals surface area contributed by atoms with Crippen molar-refractivity contribution in [2.45, 2.75) is 11.3 Å². The Morgan fingerprint density at radius 1 is 1.60 bits per heavy atom. The minimum atomic E-state index is -2.51. The fourth-order valence-corrected chi connectivity index (χ4v) is 2.09. The van der Waals surface area contributed by atoms with Crippen molar-refractivity contribution in [2.75, 3.05) is 11.5 Å². The number of alkyl halides is 3. The van der Waals surface area contributed by atoms with E-state index < -0.39 is 11.3 Å². The van der Waals surface area contributed by atoms with Crippen molar-refractivity contribution in [3.8, 4) is 0 Å². The van der Waals surface area contributed by atoms with E-state index >= 15 is 0 Å². The number of hydrogen-bond acceptors (Lipinski definition) is 1. The van der Waals surface area contributed by atoms with Gasteiger partial charge < -0.3 is 0 Å². The molecule has 0 bridgehead atoms. The van der Waals surface area contributed by atoms with Crippen molar-refractivity contribution in [3.05, 3.63) is 6.92 Å². The summed E-state index contributed by atoms with van der Waals surface area (Å²) in [6, 6.07) is 0. The lowest BCUT2D eigenvalue weighted by Crippen LogP contribution is -2.43. The second-order valence-electron chi connectivity index (χ2n) is 2.46. The van der Waals surface area contributed by atoms with Gasteiger partial charge in [-0.05, 0) is 18.4 Å². The molecule has 0 nitrogen and oxygen atoms in total. The molecule has 59 valence electrons. The Kier molecular flexibility index (Phi) is 2.46. The van der Waals surface area contributed by atoms with E-state index in [1.807, 2.05) is 0 Å². The van der Waals surface area contributed by atoms with E-state index in [0.717, 1.165) is 11.5 Å². The fraction of sp³-hybridized carbons (Fsp3) is 0.833. The summed E-state index contributed by atoms with van der Waals surface area (Å²) in [6.45, 7) is 3.29. The number of halogens is 3. The Morgan fingerprint density at radius 2 is 2.10 bits per heavy atom. The molecule has 1 fully saturated rings. The maximum Gasteiger partial charge on any atom is 0.257 e. The van der Waals surface area contributed by atoms with Gasteiger partial charge >= 0.3 is 0 Å². The summed E-state index contributed by atoms with van der Waals surface area (Å²) in [7, 11) is 0. The second-order valence-corrected chi connectivity index (χ2v) is 4.24. The molecule has 0 amide bonds. The molecular weight excluding hydrogens is 178 g/mol. The molecule has 1 aliphatic rings. The van der Waals surface area contributed by atoms with Crippen LogP contribution in [-0.2, 0) is 0 Å². The van der Waals surface area contributed by atoms with Gasteiger partial charge in [0.1, 0.15) is 4.87 Å². The predicted octanol–water partition coefficient (Wildman–Crippen LogP) is 2.43. The molecule has 0 N–H and O–H groups in total. The molecular formula is C6H8ClF2S. The van der Waals surface area contributed by atoms with Crippen LogP contribution in [0.2, 0.25) is 0 Å². The number of thioether (sulfide) groups is 1. The maximum absolute atomic E-state index is 12.1. The summed E-state index contributed by atoms with van der Waals surface area (Å²) in [4.78, 5) is -1.54. The Balaban J connectivity index is 2.48. The first-order chi connectivity index (χ1) is 4.55. The predicted molar refractivity (Wildman–Crippen MR) is 40.8 cm³/mol. The minimum absolute atomic E-state index is 0.112. The molecule has 10 heavy (non-hydrogen) atoms. The standard InChI is InChI=1S/C6H8ClF2S/c1-6(7,5(8)9)4-2-10-3-4/h4-5H,1-3H2. The minimum Gasteiger partial charge on any atom is -0.208 e. The molecule has 1 rings (SSSR count). The highest BCUT2D eigenvalue weighted by atomic mass is 35.5. The maximum atomic E-state index is 12.1. The Labute approximate surface area is 68.3 Å². The third kappa shape index (κ3) is 1.40. The lowest BCUT2D eigenvalue weighted by Gasteiger charge is -2.36. The normalized spacial score (nSPS) is 26.1. The highest BCUT2D eigenvalue weighted by molar-refractivity contribution is 8.00. The zero-order chi connectivity index (χ0) is 7.78. The van der Waals surface area contributed by atoms with Crippen LogP contribution in [0.25, 0.3) is 0 Å². The highest BCUT2D eigenvalue weighted by Gasteiger charge is 2.44. The van der Waals surface area contributed by atoms with Crippen LogP contribution in [0.5, 0.6) is 0 Å². The van der Waals surface area contributed by atoms with Crippen LogP contribution in [0.15, 0.2) is 0 Å². The molecule has 1 saturated heterocycles. The lowest BCUT2D eigenvalue weighted by molar-refractivity contribution is 0.0923. The molecule has 0 spiro atoms. The van der Waals surface area contributed by atoms with Crippen molar-refractivity contribution in [1.29, 1.82) is 0 Å². The van der Waals surface area contributed by atoms with Crippen LogP contribution in [0.3, 0.4) is 0 Å². The van der Waals surface area contributed by atoms with Gasteiger partial charge in [0.2, 0.25) is 0 Å². The molecule has 1 unspecified atom stereocenters. The molecule has 4 heteroatoms. The smallest absolute Gasteiger partial charge is 0.208 e. The zero-order valence-electron chi connectivity index (χ0n) is 5.32. The molecule has 0 aromatic heterocycles. The molecule has 0 aliphatic carbocycles. The second kappa shape index (κ2) is 2.86. The summed E-state index contributed by atoms with van der Waals surface area (Å²) in [6.07, 6.45) is -2.51. The highest BCUT2D eigenvalue weighted by Crippen LogP contribution is 2.41. The van der Waals surface area contributed by atoms with Gasteiger partial charge in [-0.1, -0.05) is 0 Å². The van der Waals surface area contributed by atoms with Gasteiger partial charge in [-0.25, -0.2) is 8.78 Å². The SMILES string of the molecule is [CH2]C(Cl)(C(F)F)C1CSC1. The molecule has 1 heterocycles. The van der Waals surface area contributed by atoms with Crippen molar-refractivity contribution >= 4 is 23.4 Å². The van der Waals surface area contributed by atoms with Crippen LogP contribution in [-0.4, -0.2) is 22.8 Å². The van der Waals surface area contributed by atoms with Gasteiger partial charge in [0.05, 0.1) is 0 Å². The topological polar surface area (TPSA) is 0 Å². The third-order valence-electron chi connectivity index (χ3n) is 1.68. The number of rotatable bonds is 2. The van der Waals surface area contributed by atoms with Crippen LogP contribution < -0.4 is 0 Å². The lowest BCUT2D eigenvalue weighted by atomic mass is 9.96. The van der Waals surface area contributed by atoms with E-state index in [-0.39, 0.29) is 5.92 Å². The summed E-state index contributed by atoms with van der Waals surface area (Å²) in [5, 5.41) is 0. The third-order valence-corrected chi connectivity index (χ3v) is 3.43. The van der Waals surface area contributed by atoms with Crippen molar-refractivity contribution < 1.29 is 8.78 Å². The Bertz CT molecular complexity index is 123. The van der Waals surface area contributed by atoms with Gasteiger partial charge in [-0.3, -0.25) is 0 Å². The average Bonchev–Trinajstić information content (AvgIpc) is 1.57. The molecule has 0 aromatic rings. The van der Waals surface area contributed by atoms with Crippen molar-refractivity contribution in [3.63, 3.8) is 0 Å². The largest absolute Gasteiger partial charge is 0.257 e. The summed E-state index contributed by atoms with van der Waals surface area (Å²) in [5.74, 6) is 1.33. The van der Waals surface area contributed by atoms with Gasteiger partial charge in [0, 0.05) is 5.92 Å². The first-order valence-electron chi connectivity index (χ1n) is 2.95. The van der Waals surface area contributed by atoms with Crippen LogP contribution in [0, 0.1) is 12.8 Å². The molecule has 1 aliphatic heterocycles.